The molecule has 4 nitrogen and oxygen atoms in total. The van der Waals surface area contributed by atoms with Crippen molar-refractivity contribution in [2.24, 2.45) is 5.92 Å². The molecule has 0 aliphatic carbocycles. The van der Waals surface area contributed by atoms with Gasteiger partial charge in [0.25, 0.3) is 0 Å². The molecule has 2 aliphatic rings. The van der Waals surface area contributed by atoms with Crippen molar-refractivity contribution in [2.75, 3.05) is 19.8 Å². The van der Waals surface area contributed by atoms with Crippen molar-refractivity contribution in [1.82, 2.24) is 4.90 Å². The number of ketones is 1. The Labute approximate surface area is 115 Å². The number of hydrogen-bond acceptors (Lipinski definition) is 3. The van der Waals surface area contributed by atoms with E-state index in [-0.39, 0.29) is 23.7 Å². The molecule has 0 saturated carbocycles. The zero-order valence-electron chi connectivity index (χ0n) is 11.9. The molecule has 19 heavy (non-hydrogen) atoms. The smallest absolute Gasteiger partial charge is 0.228 e. The summed E-state index contributed by atoms with van der Waals surface area (Å²) >= 11 is 0. The van der Waals surface area contributed by atoms with Crippen LogP contribution in [0.3, 0.4) is 0 Å². The van der Waals surface area contributed by atoms with Crippen molar-refractivity contribution in [3.63, 3.8) is 0 Å². The van der Waals surface area contributed by atoms with E-state index in [0.717, 1.165) is 45.3 Å². The standard InChI is InChI=1S/C15H25NO3/c1-12(17)10-14-7-3-2-4-8-16(14)15(18)13-6-5-9-19-11-13/h13-14H,2-11H2,1H3. The molecular formula is C15H25NO3. The van der Waals surface area contributed by atoms with E-state index in [4.69, 9.17) is 4.74 Å². The van der Waals surface area contributed by atoms with Gasteiger partial charge >= 0.3 is 0 Å². The summed E-state index contributed by atoms with van der Waals surface area (Å²) < 4.78 is 5.43. The third-order valence-electron chi connectivity index (χ3n) is 4.19. The Bertz CT molecular complexity index is 323. The highest BCUT2D eigenvalue weighted by Crippen LogP contribution is 2.24. The summed E-state index contributed by atoms with van der Waals surface area (Å²) in [4.78, 5) is 26.0. The van der Waals surface area contributed by atoms with Crippen LogP contribution in [0.1, 0.15) is 51.9 Å². The van der Waals surface area contributed by atoms with Crippen LogP contribution in [0.15, 0.2) is 0 Å². The first-order valence-corrected chi connectivity index (χ1v) is 7.56. The van der Waals surface area contributed by atoms with Gasteiger partial charge in [-0.2, -0.15) is 0 Å². The van der Waals surface area contributed by atoms with Gasteiger partial charge in [-0.15, -0.1) is 0 Å². The number of Topliss-reactive ketones (excluding diaryl/α,β-unsaturated/α-hetero) is 1. The van der Waals surface area contributed by atoms with Gasteiger partial charge in [0.05, 0.1) is 12.5 Å². The molecule has 0 radical (unpaired) electrons. The number of hydrogen-bond donors (Lipinski definition) is 0. The summed E-state index contributed by atoms with van der Waals surface area (Å²) in [7, 11) is 0. The maximum absolute atomic E-state index is 12.6. The maximum atomic E-state index is 12.6. The summed E-state index contributed by atoms with van der Waals surface area (Å²) in [6, 6.07) is 0.120. The van der Waals surface area contributed by atoms with Crippen LogP contribution in [0.2, 0.25) is 0 Å². The molecule has 0 N–H and O–H groups in total. The van der Waals surface area contributed by atoms with E-state index in [2.05, 4.69) is 0 Å². The van der Waals surface area contributed by atoms with Crippen LogP contribution >= 0.6 is 0 Å². The molecule has 0 aromatic heterocycles. The molecular weight excluding hydrogens is 242 g/mol. The van der Waals surface area contributed by atoms with Gasteiger partial charge in [0, 0.05) is 25.6 Å². The van der Waals surface area contributed by atoms with Crippen molar-refractivity contribution in [3.05, 3.63) is 0 Å². The molecule has 2 atom stereocenters. The van der Waals surface area contributed by atoms with E-state index in [0.29, 0.717) is 13.0 Å². The minimum absolute atomic E-state index is 0.0151. The lowest BCUT2D eigenvalue weighted by Crippen LogP contribution is -2.46. The van der Waals surface area contributed by atoms with Crippen molar-refractivity contribution < 1.29 is 14.3 Å². The predicted octanol–water partition coefficient (Wildman–Crippen LogP) is 2.16. The molecule has 2 fully saturated rings. The highest BCUT2D eigenvalue weighted by molar-refractivity contribution is 5.81. The van der Waals surface area contributed by atoms with E-state index >= 15 is 0 Å². The van der Waals surface area contributed by atoms with Gasteiger partial charge in [-0.25, -0.2) is 0 Å². The lowest BCUT2D eigenvalue weighted by atomic mass is 9.98. The van der Waals surface area contributed by atoms with E-state index in [1.54, 1.807) is 6.92 Å². The van der Waals surface area contributed by atoms with E-state index in [1.807, 2.05) is 4.90 Å². The third kappa shape index (κ3) is 4.03. The second-order valence-corrected chi connectivity index (χ2v) is 5.85. The topological polar surface area (TPSA) is 46.6 Å². The second-order valence-electron chi connectivity index (χ2n) is 5.85. The number of nitrogens with zero attached hydrogens (tertiary/aromatic N) is 1. The number of ether oxygens (including phenoxy) is 1. The van der Waals surface area contributed by atoms with Gasteiger partial charge in [0.1, 0.15) is 5.78 Å². The first-order valence-electron chi connectivity index (χ1n) is 7.56. The van der Waals surface area contributed by atoms with Gasteiger partial charge in [-0.05, 0) is 32.6 Å². The van der Waals surface area contributed by atoms with Crippen LogP contribution in [0.5, 0.6) is 0 Å². The SMILES string of the molecule is CC(=O)CC1CCCCCN1C(=O)C1CCCOC1. The van der Waals surface area contributed by atoms with E-state index in [1.165, 1.54) is 6.42 Å². The van der Waals surface area contributed by atoms with Gasteiger partial charge in [-0.1, -0.05) is 12.8 Å². The van der Waals surface area contributed by atoms with Crippen molar-refractivity contribution in [3.8, 4) is 0 Å². The van der Waals surface area contributed by atoms with Crippen molar-refractivity contribution in [1.29, 1.82) is 0 Å². The molecule has 2 rings (SSSR count). The predicted molar refractivity (Wildman–Crippen MR) is 72.8 cm³/mol. The minimum Gasteiger partial charge on any atom is -0.381 e. The number of carbonyl (C=O) groups excluding carboxylic acids is 2. The fraction of sp³-hybridized carbons (Fsp3) is 0.867. The first-order chi connectivity index (χ1) is 9.18. The Kier molecular flexibility index (Phi) is 5.37. The molecule has 108 valence electrons. The van der Waals surface area contributed by atoms with Crippen LogP contribution in [0.4, 0.5) is 0 Å². The van der Waals surface area contributed by atoms with Crippen LogP contribution in [-0.4, -0.2) is 42.4 Å². The molecule has 0 aromatic rings. The number of rotatable bonds is 3. The maximum Gasteiger partial charge on any atom is 0.228 e. The lowest BCUT2D eigenvalue weighted by Gasteiger charge is -2.34. The fourth-order valence-electron chi connectivity index (χ4n) is 3.18. The highest BCUT2D eigenvalue weighted by atomic mass is 16.5. The Hall–Kier alpha value is -0.900. The Balaban J connectivity index is 2.03. The molecule has 2 heterocycles. The highest BCUT2D eigenvalue weighted by Gasteiger charge is 2.32. The van der Waals surface area contributed by atoms with Gasteiger partial charge < -0.3 is 9.64 Å². The molecule has 2 aliphatic heterocycles. The van der Waals surface area contributed by atoms with Crippen molar-refractivity contribution in [2.45, 2.75) is 57.9 Å². The first kappa shape index (κ1) is 14.5. The minimum atomic E-state index is 0.0151. The summed E-state index contributed by atoms with van der Waals surface area (Å²) in [6.45, 7) is 3.77. The quantitative estimate of drug-likeness (QED) is 0.787. The largest absolute Gasteiger partial charge is 0.381 e. The third-order valence-corrected chi connectivity index (χ3v) is 4.19. The Morgan fingerprint density at radius 2 is 2.00 bits per heavy atom. The Morgan fingerprint density at radius 1 is 1.16 bits per heavy atom. The summed E-state index contributed by atoms with van der Waals surface area (Å²) in [5.74, 6) is 0.416. The van der Waals surface area contributed by atoms with Crippen LogP contribution in [0, 0.1) is 5.92 Å². The second kappa shape index (κ2) is 7.04. The van der Waals surface area contributed by atoms with Crippen LogP contribution in [0.25, 0.3) is 0 Å². The summed E-state index contributed by atoms with van der Waals surface area (Å²) in [6.07, 6.45) is 6.75. The van der Waals surface area contributed by atoms with E-state index < -0.39 is 0 Å². The zero-order chi connectivity index (χ0) is 13.7. The van der Waals surface area contributed by atoms with Crippen LogP contribution in [-0.2, 0) is 14.3 Å². The molecule has 0 aromatic carbocycles. The number of carbonyl (C=O) groups is 2. The Morgan fingerprint density at radius 3 is 2.68 bits per heavy atom. The molecule has 0 spiro atoms. The van der Waals surface area contributed by atoms with E-state index in [9.17, 15) is 9.59 Å². The number of likely N-dealkylation sites (tertiary alicyclic amines) is 1. The summed E-state index contributed by atoms with van der Waals surface area (Å²) in [5.41, 5.74) is 0. The van der Waals surface area contributed by atoms with Crippen LogP contribution < -0.4 is 0 Å². The van der Waals surface area contributed by atoms with Gasteiger partial charge in [0.2, 0.25) is 5.91 Å². The lowest BCUT2D eigenvalue weighted by molar-refractivity contribution is -0.142. The zero-order valence-corrected chi connectivity index (χ0v) is 11.9. The summed E-state index contributed by atoms with van der Waals surface area (Å²) in [5, 5.41) is 0. The molecule has 4 heteroatoms. The van der Waals surface area contributed by atoms with Crippen molar-refractivity contribution >= 4 is 11.7 Å². The monoisotopic (exact) mass is 267 g/mol. The average Bonchev–Trinajstić information content (AvgIpc) is 2.64. The molecule has 2 unspecified atom stereocenters. The van der Waals surface area contributed by atoms with Gasteiger partial charge in [-0.3, -0.25) is 9.59 Å². The average molecular weight is 267 g/mol. The number of amides is 1. The normalized spacial score (nSPS) is 28.8. The molecule has 1 amide bonds. The fourth-order valence-corrected chi connectivity index (χ4v) is 3.18. The molecule has 2 saturated heterocycles. The molecule has 0 bridgehead atoms. The van der Waals surface area contributed by atoms with Gasteiger partial charge in [0.15, 0.2) is 0 Å².